The molecular weight excluding hydrogens is 408 g/mol. The standard InChI is InChI=1S/C21H17BrN2O3/c22-17-9-4-6-15(12-17)13-19(21(26)23-14-18-10-5-11-27-18)24-20(25)16-7-2-1-3-8-16/h1-13H,14H2,(H,23,26)(H,24,25). The fourth-order valence-corrected chi connectivity index (χ4v) is 2.80. The predicted molar refractivity (Wildman–Crippen MR) is 107 cm³/mol. The molecular formula is C21H17BrN2O3. The maximum atomic E-state index is 12.6. The van der Waals surface area contributed by atoms with Crippen LogP contribution in [0.5, 0.6) is 0 Å². The van der Waals surface area contributed by atoms with E-state index in [2.05, 4.69) is 26.6 Å². The van der Waals surface area contributed by atoms with Crippen molar-refractivity contribution in [3.05, 3.63) is 100 Å². The smallest absolute Gasteiger partial charge is 0.268 e. The van der Waals surface area contributed by atoms with Crippen molar-refractivity contribution in [2.24, 2.45) is 0 Å². The van der Waals surface area contributed by atoms with Crippen molar-refractivity contribution < 1.29 is 14.0 Å². The summed E-state index contributed by atoms with van der Waals surface area (Å²) in [5.41, 5.74) is 1.39. The second kappa shape index (κ2) is 9.00. The Labute approximate surface area is 165 Å². The largest absolute Gasteiger partial charge is 0.467 e. The van der Waals surface area contributed by atoms with Gasteiger partial charge in [-0.15, -0.1) is 0 Å². The van der Waals surface area contributed by atoms with Gasteiger partial charge in [0.1, 0.15) is 11.5 Å². The lowest BCUT2D eigenvalue weighted by Crippen LogP contribution is -2.34. The van der Waals surface area contributed by atoms with E-state index < -0.39 is 5.91 Å². The first-order valence-corrected chi connectivity index (χ1v) is 9.05. The van der Waals surface area contributed by atoms with Crippen molar-refractivity contribution in [1.29, 1.82) is 0 Å². The molecule has 27 heavy (non-hydrogen) atoms. The van der Waals surface area contributed by atoms with E-state index in [1.807, 2.05) is 30.3 Å². The molecule has 1 heterocycles. The minimum absolute atomic E-state index is 0.147. The highest BCUT2D eigenvalue weighted by atomic mass is 79.9. The number of hydrogen-bond donors (Lipinski definition) is 2. The second-order valence-corrected chi connectivity index (χ2v) is 6.61. The number of furan rings is 1. The summed E-state index contributed by atoms with van der Waals surface area (Å²) in [5.74, 6) is -0.139. The summed E-state index contributed by atoms with van der Waals surface area (Å²) >= 11 is 3.40. The number of hydrogen-bond acceptors (Lipinski definition) is 3. The number of amides is 2. The van der Waals surface area contributed by atoms with Gasteiger partial charge >= 0.3 is 0 Å². The summed E-state index contributed by atoms with van der Waals surface area (Å²) in [4.78, 5) is 25.1. The summed E-state index contributed by atoms with van der Waals surface area (Å²) in [7, 11) is 0. The lowest BCUT2D eigenvalue weighted by molar-refractivity contribution is -0.118. The normalized spacial score (nSPS) is 11.1. The molecule has 0 aliphatic carbocycles. The molecule has 0 fully saturated rings. The van der Waals surface area contributed by atoms with Crippen molar-refractivity contribution in [1.82, 2.24) is 10.6 Å². The van der Waals surface area contributed by atoms with Crippen LogP contribution in [0.2, 0.25) is 0 Å². The molecule has 136 valence electrons. The van der Waals surface area contributed by atoms with E-state index in [0.29, 0.717) is 11.3 Å². The molecule has 3 aromatic rings. The zero-order chi connectivity index (χ0) is 19.1. The molecule has 0 atom stereocenters. The van der Waals surface area contributed by atoms with Crippen molar-refractivity contribution in [3.63, 3.8) is 0 Å². The average molecular weight is 425 g/mol. The Hall–Kier alpha value is -3.12. The molecule has 5 nitrogen and oxygen atoms in total. The molecule has 0 unspecified atom stereocenters. The molecule has 0 aliphatic rings. The zero-order valence-corrected chi connectivity index (χ0v) is 15.9. The first kappa shape index (κ1) is 18.7. The van der Waals surface area contributed by atoms with E-state index in [1.165, 1.54) is 6.26 Å². The van der Waals surface area contributed by atoms with Crippen LogP contribution < -0.4 is 10.6 Å². The molecule has 0 saturated carbocycles. The third-order valence-electron chi connectivity index (χ3n) is 3.69. The van der Waals surface area contributed by atoms with Gasteiger partial charge in [0.25, 0.3) is 11.8 Å². The van der Waals surface area contributed by atoms with E-state index in [4.69, 9.17) is 4.42 Å². The van der Waals surface area contributed by atoms with Gasteiger partial charge in [-0.1, -0.05) is 46.3 Å². The minimum atomic E-state index is -0.407. The monoisotopic (exact) mass is 424 g/mol. The maximum absolute atomic E-state index is 12.6. The van der Waals surface area contributed by atoms with Gasteiger partial charge in [0, 0.05) is 10.0 Å². The Morgan fingerprint density at radius 2 is 1.81 bits per heavy atom. The van der Waals surface area contributed by atoms with E-state index in [-0.39, 0.29) is 18.1 Å². The summed E-state index contributed by atoms with van der Waals surface area (Å²) in [5, 5.41) is 5.44. The first-order valence-electron chi connectivity index (χ1n) is 8.26. The number of carbonyl (C=O) groups is 2. The van der Waals surface area contributed by atoms with Gasteiger partial charge in [-0.3, -0.25) is 9.59 Å². The van der Waals surface area contributed by atoms with Crippen LogP contribution in [0.25, 0.3) is 6.08 Å². The molecule has 2 aromatic carbocycles. The van der Waals surface area contributed by atoms with E-state index in [1.54, 1.807) is 42.5 Å². The summed E-state index contributed by atoms with van der Waals surface area (Å²) in [6, 6.07) is 19.7. The number of rotatable bonds is 6. The van der Waals surface area contributed by atoms with Crippen molar-refractivity contribution in [3.8, 4) is 0 Å². The van der Waals surface area contributed by atoms with Gasteiger partial charge in [0.15, 0.2) is 0 Å². The Balaban J connectivity index is 1.81. The topological polar surface area (TPSA) is 71.3 Å². The van der Waals surface area contributed by atoms with Gasteiger partial charge in [0.2, 0.25) is 0 Å². The van der Waals surface area contributed by atoms with Crippen molar-refractivity contribution in [2.45, 2.75) is 6.54 Å². The number of nitrogens with one attached hydrogen (secondary N) is 2. The van der Waals surface area contributed by atoms with Gasteiger partial charge in [0.05, 0.1) is 12.8 Å². The zero-order valence-electron chi connectivity index (χ0n) is 14.3. The third kappa shape index (κ3) is 5.43. The van der Waals surface area contributed by atoms with Gasteiger partial charge in [-0.2, -0.15) is 0 Å². The minimum Gasteiger partial charge on any atom is -0.467 e. The predicted octanol–water partition coefficient (Wildman–Crippen LogP) is 4.13. The number of benzene rings is 2. The van der Waals surface area contributed by atoms with Crippen LogP contribution in [0.4, 0.5) is 0 Å². The van der Waals surface area contributed by atoms with Crippen LogP contribution in [0.15, 0.2) is 87.6 Å². The van der Waals surface area contributed by atoms with Crippen LogP contribution in [0.3, 0.4) is 0 Å². The van der Waals surface area contributed by atoms with E-state index >= 15 is 0 Å². The van der Waals surface area contributed by atoms with Crippen LogP contribution >= 0.6 is 15.9 Å². The molecule has 0 saturated heterocycles. The van der Waals surface area contributed by atoms with Crippen LogP contribution in [-0.4, -0.2) is 11.8 Å². The summed E-state index contributed by atoms with van der Waals surface area (Å²) < 4.78 is 6.10. The van der Waals surface area contributed by atoms with Gasteiger partial charge in [-0.25, -0.2) is 0 Å². The SMILES string of the molecule is O=C(NCc1ccco1)C(=Cc1cccc(Br)c1)NC(=O)c1ccccc1. The van der Waals surface area contributed by atoms with Crippen LogP contribution in [0, 0.1) is 0 Å². The quantitative estimate of drug-likeness (QED) is 0.584. The number of carbonyl (C=O) groups excluding carboxylic acids is 2. The molecule has 0 spiro atoms. The highest BCUT2D eigenvalue weighted by Gasteiger charge is 2.15. The fraction of sp³-hybridized carbons (Fsp3) is 0.0476. The molecule has 2 amide bonds. The Kier molecular flexibility index (Phi) is 6.22. The molecule has 0 bridgehead atoms. The Bertz CT molecular complexity index is 951. The maximum Gasteiger partial charge on any atom is 0.268 e. The highest BCUT2D eigenvalue weighted by molar-refractivity contribution is 9.10. The lowest BCUT2D eigenvalue weighted by Gasteiger charge is -2.11. The highest BCUT2D eigenvalue weighted by Crippen LogP contribution is 2.14. The Morgan fingerprint density at radius 1 is 1.00 bits per heavy atom. The molecule has 2 N–H and O–H groups in total. The van der Waals surface area contributed by atoms with Crippen LogP contribution in [0.1, 0.15) is 21.7 Å². The average Bonchev–Trinajstić information content (AvgIpc) is 3.20. The molecule has 3 rings (SSSR count). The van der Waals surface area contributed by atoms with Gasteiger partial charge in [-0.05, 0) is 48.0 Å². The fourth-order valence-electron chi connectivity index (χ4n) is 2.38. The second-order valence-electron chi connectivity index (χ2n) is 5.70. The van der Waals surface area contributed by atoms with Crippen molar-refractivity contribution in [2.75, 3.05) is 0 Å². The van der Waals surface area contributed by atoms with Crippen LogP contribution in [-0.2, 0) is 11.3 Å². The molecule has 0 aliphatic heterocycles. The summed E-state index contributed by atoms with van der Waals surface area (Å²) in [6.45, 7) is 0.225. The first-order chi connectivity index (χ1) is 13.1. The molecule has 6 heteroatoms. The third-order valence-corrected chi connectivity index (χ3v) is 4.19. The van der Waals surface area contributed by atoms with E-state index in [9.17, 15) is 9.59 Å². The lowest BCUT2D eigenvalue weighted by atomic mass is 10.1. The molecule has 0 radical (unpaired) electrons. The van der Waals surface area contributed by atoms with E-state index in [0.717, 1.165) is 10.0 Å². The van der Waals surface area contributed by atoms with Gasteiger partial charge < -0.3 is 15.1 Å². The summed E-state index contributed by atoms with van der Waals surface area (Å²) in [6.07, 6.45) is 3.17. The Morgan fingerprint density at radius 3 is 2.52 bits per heavy atom. The number of halogens is 1. The van der Waals surface area contributed by atoms with Crippen molar-refractivity contribution >= 4 is 33.8 Å². The molecule has 1 aromatic heterocycles.